The number of halogens is 1. The summed E-state index contributed by atoms with van der Waals surface area (Å²) in [5.41, 5.74) is 0. The Morgan fingerprint density at radius 3 is 2.87 bits per heavy atom. The molecule has 0 saturated heterocycles. The van der Waals surface area contributed by atoms with Crippen LogP contribution in [0.25, 0.3) is 0 Å². The summed E-state index contributed by atoms with van der Waals surface area (Å²) in [4.78, 5) is 11.2. The molecule has 0 aliphatic heterocycles. The molecule has 0 amide bonds. The highest BCUT2D eigenvalue weighted by atomic mass is 35.5. The molecule has 80 valence electrons. The van der Waals surface area contributed by atoms with Gasteiger partial charge in [-0.1, -0.05) is 18.2 Å². The molecule has 0 heterocycles. The highest BCUT2D eigenvalue weighted by Crippen LogP contribution is 2.53. The van der Waals surface area contributed by atoms with Gasteiger partial charge in [-0.05, 0) is 30.3 Å². The van der Waals surface area contributed by atoms with Gasteiger partial charge in [-0.3, -0.25) is 4.79 Å². The minimum absolute atomic E-state index is 0.0406. The minimum atomic E-state index is -0.307. The zero-order valence-corrected chi connectivity index (χ0v) is 9.06. The molecule has 1 fully saturated rings. The third-order valence-corrected chi connectivity index (χ3v) is 4.08. The Morgan fingerprint density at radius 1 is 1.27 bits per heavy atom. The van der Waals surface area contributed by atoms with Gasteiger partial charge in [0.2, 0.25) is 0 Å². The van der Waals surface area contributed by atoms with Crippen molar-refractivity contribution < 1.29 is 9.53 Å². The van der Waals surface area contributed by atoms with E-state index in [-0.39, 0.29) is 18.0 Å². The van der Waals surface area contributed by atoms with Crippen molar-refractivity contribution in [3.63, 3.8) is 0 Å². The molecule has 5 atom stereocenters. The fraction of sp³-hybridized carbons (Fsp3) is 0.583. The molecule has 2 nitrogen and oxygen atoms in total. The molecule has 0 aromatic heterocycles. The van der Waals surface area contributed by atoms with Crippen molar-refractivity contribution in [2.24, 2.45) is 23.7 Å². The Balaban J connectivity index is 1.75. The average Bonchev–Trinajstić information content (AvgIpc) is 2.89. The van der Waals surface area contributed by atoms with Crippen LogP contribution in [0, 0.1) is 23.7 Å². The van der Waals surface area contributed by atoms with Gasteiger partial charge in [0.1, 0.15) is 12.0 Å². The van der Waals surface area contributed by atoms with Crippen LogP contribution in [0.2, 0.25) is 0 Å². The highest BCUT2D eigenvalue weighted by molar-refractivity contribution is 6.26. The monoisotopic (exact) mass is 224 g/mol. The Labute approximate surface area is 93.9 Å². The van der Waals surface area contributed by atoms with Gasteiger partial charge in [0.05, 0.1) is 0 Å². The topological polar surface area (TPSA) is 26.3 Å². The maximum Gasteiger partial charge on any atom is 0.321 e. The first-order valence-electron chi connectivity index (χ1n) is 5.41. The Morgan fingerprint density at radius 2 is 2.07 bits per heavy atom. The zero-order chi connectivity index (χ0) is 10.4. The summed E-state index contributed by atoms with van der Waals surface area (Å²) in [5.74, 6) is 1.99. The standard InChI is InChI=1S/C12H13ClO2/c13-6-11(14)15-10-4-3-9-7-1-2-8(5-7)12(9)10/h1-4,7-10,12H,5-6H2/t7-,8-,9-,10-,12+/m0/s1. The number of hydrogen-bond acceptors (Lipinski definition) is 2. The van der Waals surface area contributed by atoms with E-state index in [4.69, 9.17) is 16.3 Å². The number of rotatable bonds is 2. The first-order valence-corrected chi connectivity index (χ1v) is 5.95. The first-order chi connectivity index (χ1) is 7.29. The summed E-state index contributed by atoms with van der Waals surface area (Å²) in [5, 5.41) is 0. The SMILES string of the molecule is O=C(CCl)O[C@H]1C=C[C@@H]2[C@H]1[C@H]1C=C[C@H]2C1. The summed E-state index contributed by atoms with van der Waals surface area (Å²) >= 11 is 5.44. The lowest BCUT2D eigenvalue weighted by Crippen LogP contribution is -2.29. The normalized spacial score (nSPS) is 44.7. The smallest absolute Gasteiger partial charge is 0.321 e. The number of hydrogen-bond donors (Lipinski definition) is 0. The van der Waals surface area contributed by atoms with Crippen molar-refractivity contribution in [2.45, 2.75) is 12.5 Å². The summed E-state index contributed by atoms with van der Waals surface area (Å²) in [6, 6.07) is 0. The Hall–Kier alpha value is -0.760. The van der Waals surface area contributed by atoms with Gasteiger partial charge in [-0.2, -0.15) is 0 Å². The zero-order valence-electron chi connectivity index (χ0n) is 8.30. The highest BCUT2D eigenvalue weighted by Gasteiger charge is 2.49. The molecule has 1 saturated carbocycles. The Kier molecular flexibility index (Phi) is 2.13. The summed E-state index contributed by atoms with van der Waals surface area (Å²) in [6.07, 6.45) is 10.0. The van der Waals surface area contributed by atoms with Crippen LogP contribution >= 0.6 is 11.6 Å². The van der Waals surface area contributed by atoms with Gasteiger partial charge >= 0.3 is 5.97 Å². The lowest BCUT2D eigenvalue weighted by Gasteiger charge is -2.25. The fourth-order valence-electron chi connectivity index (χ4n) is 3.30. The molecule has 0 aromatic rings. The maximum absolute atomic E-state index is 11.2. The lowest BCUT2D eigenvalue weighted by molar-refractivity contribution is -0.146. The van der Waals surface area contributed by atoms with E-state index in [2.05, 4.69) is 18.2 Å². The number of alkyl halides is 1. The fourth-order valence-corrected chi connectivity index (χ4v) is 3.36. The number of allylic oxidation sites excluding steroid dienone is 3. The number of esters is 1. The van der Waals surface area contributed by atoms with E-state index in [1.165, 1.54) is 6.42 Å². The van der Waals surface area contributed by atoms with Gasteiger partial charge < -0.3 is 4.74 Å². The van der Waals surface area contributed by atoms with Gasteiger partial charge in [-0.25, -0.2) is 0 Å². The molecular formula is C12H13ClO2. The van der Waals surface area contributed by atoms with E-state index < -0.39 is 0 Å². The molecular weight excluding hydrogens is 212 g/mol. The third-order valence-electron chi connectivity index (χ3n) is 3.86. The predicted octanol–water partition coefficient (Wildman–Crippen LogP) is 2.15. The molecule has 3 heteroatoms. The number of fused-ring (bicyclic) bond motifs is 5. The Bertz CT molecular complexity index is 348. The van der Waals surface area contributed by atoms with Crippen LogP contribution in [-0.2, 0) is 9.53 Å². The summed E-state index contributed by atoms with van der Waals surface area (Å²) in [6.45, 7) is 0. The van der Waals surface area contributed by atoms with Crippen molar-refractivity contribution in [2.75, 3.05) is 5.88 Å². The number of carbonyl (C=O) groups excluding carboxylic acids is 1. The minimum Gasteiger partial charge on any atom is -0.457 e. The van der Waals surface area contributed by atoms with Crippen molar-refractivity contribution in [3.8, 4) is 0 Å². The lowest BCUT2D eigenvalue weighted by atomic mass is 9.84. The van der Waals surface area contributed by atoms with Crippen LogP contribution in [0.15, 0.2) is 24.3 Å². The maximum atomic E-state index is 11.2. The number of ether oxygens (including phenoxy) is 1. The average molecular weight is 225 g/mol. The third kappa shape index (κ3) is 1.35. The van der Waals surface area contributed by atoms with Crippen LogP contribution in [0.5, 0.6) is 0 Å². The van der Waals surface area contributed by atoms with E-state index in [1.807, 2.05) is 6.08 Å². The van der Waals surface area contributed by atoms with Crippen molar-refractivity contribution in [1.29, 1.82) is 0 Å². The van der Waals surface area contributed by atoms with Gasteiger partial charge in [0, 0.05) is 5.92 Å². The van der Waals surface area contributed by atoms with Crippen molar-refractivity contribution >= 4 is 17.6 Å². The molecule has 2 bridgehead atoms. The molecule has 3 aliphatic rings. The number of carbonyl (C=O) groups is 1. The largest absolute Gasteiger partial charge is 0.457 e. The van der Waals surface area contributed by atoms with Crippen LogP contribution in [0.3, 0.4) is 0 Å². The molecule has 0 spiro atoms. The molecule has 15 heavy (non-hydrogen) atoms. The first kappa shape index (κ1) is 9.46. The van der Waals surface area contributed by atoms with Crippen molar-refractivity contribution in [3.05, 3.63) is 24.3 Å². The second kappa shape index (κ2) is 3.38. The van der Waals surface area contributed by atoms with Crippen LogP contribution in [0.4, 0.5) is 0 Å². The summed E-state index contributed by atoms with van der Waals surface area (Å²) in [7, 11) is 0. The van der Waals surface area contributed by atoms with Gasteiger partial charge in [0.15, 0.2) is 0 Å². The van der Waals surface area contributed by atoms with Crippen LogP contribution < -0.4 is 0 Å². The predicted molar refractivity (Wildman–Crippen MR) is 57.5 cm³/mol. The summed E-state index contributed by atoms with van der Waals surface area (Å²) < 4.78 is 5.34. The molecule has 0 N–H and O–H groups in total. The van der Waals surface area contributed by atoms with E-state index in [0.717, 1.165) is 0 Å². The molecule has 0 radical (unpaired) electrons. The van der Waals surface area contributed by atoms with E-state index in [0.29, 0.717) is 23.7 Å². The molecule has 0 aromatic carbocycles. The van der Waals surface area contributed by atoms with E-state index in [1.54, 1.807) is 0 Å². The molecule has 0 unspecified atom stereocenters. The van der Waals surface area contributed by atoms with E-state index >= 15 is 0 Å². The molecule has 3 aliphatic carbocycles. The van der Waals surface area contributed by atoms with Crippen LogP contribution in [0.1, 0.15) is 6.42 Å². The van der Waals surface area contributed by atoms with Gasteiger partial charge in [-0.15, -0.1) is 11.6 Å². The quantitative estimate of drug-likeness (QED) is 0.408. The van der Waals surface area contributed by atoms with Gasteiger partial charge in [0.25, 0.3) is 0 Å². The van der Waals surface area contributed by atoms with Crippen LogP contribution in [-0.4, -0.2) is 18.0 Å². The second-order valence-corrected chi connectivity index (χ2v) is 4.84. The van der Waals surface area contributed by atoms with Crippen molar-refractivity contribution in [1.82, 2.24) is 0 Å². The van der Waals surface area contributed by atoms with E-state index in [9.17, 15) is 4.79 Å². The second-order valence-electron chi connectivity index (χ2n) is 4.58. The molecule has 3 rings (SSSR count).